The van der Waals surface area contributed by atoms with Gasteiger partial charge in [-0.05, 0) is 5.56 Å². The molecule has 3 heteroatoms. The van der Waals surface area contributed by atoms with Gasteiger partial charge in [0, 0.05) is 6.54 Å². The van der Waals surface area contributed by atoms with E-state index in [9.17, 15) is 0 Å². The van der Waals surface area contributed by atoms with Gasteiger partial charge in [-0.3, -0.25) is 4.84 Å². The average Bonchev–Trinajstić information content (AvgIpc) is 2.29. The molecule has 15 heavy (non-hydrogen) atoms. The Morgan fingerprint density at radius 3 is 2.80 bits per heavy atom. The molecule has 0 spiro atoms. The molecule has 0 unspecified atom stereocenters. The summed E-state index contributed by atoms with van der Waals surface area (Å²) in [7, 11) is 0. The third kappa shape index (κ3) is 5.87. The van der Waals surface area contributed by atoms with Crippen LogP contribution in [0.4, 0.5) is 0 Å². The van der Waals surface area contributed by atoms with Crippen LogP contribution in [0.5, 0.6) is 0 Å². The monoisotopic (exact) mass is 205 g/mol. The maximum absolute atomic E-state index is 5.41. The first kappa shape index (κ1) is 11.7. The molecule has 0 aliphatic rings. The van der Waals surface area contributed by atoms with E-state index in [4.69, 9.17) is 16.0 Å². The van der Waals surface area contributed by atoms with Crippen molar-refractivity contribution in [1.82, 2.24) is 5.48 Å². The minimum Gasteiger partial charge on any atom is -0.375 e. The summed E-state index contributed by atoms with van der Waals surface area (Å²) in [6.07, 6.45) is 5.00. The summed E-state index contributed by atoms with van der Waals surface area (Å²) in [4.78, 5) is 4.87. The maximum atomic E-state index is 5.41. The van der Waals surface area contributed by atoms with E-state index in [0.717, 1.165) is 0 Å². The SMILES string of the molecule is C#CCONCCOCc1ccccc1. The fourth-order valence-corrected chi connectivity index (χ4v) is 1.04. The molecule has 3 nitrogen and oxygen atoms in total. The quantitative estimate of drug-likeness (QED) is 0.414. The molecule has 80 valence electrons. The molecule has 0 aliphatic carbocycles. The Kier molecular flexibility index (Phi) is 6.26. The van der Waals surface area contributed by atoms with E-state index in [1.807, 2.05) is 30.3 Å². The van der Waals surface area contributed by atoms with Crippen LogP contribution in [-0.2, 0) is 16.2 Å². The van der Waals surface area contributed by atoms with E-state index in [1.54, 1.807) is 0 Å². The van der Waals surface area contributed by atoms with Gasteiger partial charge in [-0.15, -0.1) is 6.42 Å². The molecule has 1 rings (SSSR count). The smallest absolute Gasteiger partial charge is 0.128 e. The second-order valence-electron chi connectivity index (χ2n) is 2.93. The van der Waals surface area contributed by atoms with E-state index in [1.165, 1.54) is 5.56 Å². The standard InChI is InChI=1S/C12H15NO2/c1-2-9-15-13-8-10-14-11-12-6-4-3-5-7-12/h1,3-7,13H,8-11H2. The molecule has 0 saturated heterocycles. The lowest BCUT2D eigenvalue weighted by molar-refractivity contribution is 0.0350. The van der Waals surface area contributed by atoms with Crippen LogP contribution >= 0.6 is 0 Å². The molecule has 0 aliphatic heterocycles. The van der Waals surface area contributed by atoms with Gasteiger partial charge in [-0.1, -0.05) is 36.3 Å². The van der Waals surface area contributed by atoms with Gasteiger partial charge in [-0.2, -0.15) is 5.48 Å². The Bertz CT molecular complexity index is 292. The van der Waals surface area contributed by atoms with E-state index in [2.05, 4.69) is 11.4 Å². The number of hydroxylamine groups is 1. The van der Waals surface area contributed by atoms with E-state index in [-0.39, 0.29) is 6.61 Å². The summed E-state index contributed by atoms with van der Waals surface area (Å²) in [6, 6.07) is 10.0. The Morgan fingerprint density at radius 2 is 2.07 bits per heavy atom. The van der Waals surface area contributed by atoms with Crippen molar-refractivity contribution in [3.63, 3.8) is 0 Å². The predicted octanol–water partition coefficient (Wildman–Crippen LogP) is 1.36. The number of hydrogen-bond donors (Lipinski definition) is 1. The highest BCUT2D eigenvalue weighted by molar-refractivity contribution is 5.13. The van der Waals surface area contributed by atoms with Gasteiger partial charge in [0.15, 0.2) is 0 Å². The van der Waals surface area contributed by atoms with Crippen LogP contribution in [0.2, 0.25) is 0 Å². The van der Waals surface area contributed by atoms with Gasteiger partial charge in [0.25, 0.3) is 0 Å². The number of nitrogens with one attached hydrogen (secondary N) is 1. The Morgan fingerprint density at radius 1 is 1.27 bits per heavy atom. The molecule has 0 saturated carbocycles. The van der Waals surface area contributed by atoms with Gasteiger partial charge in [-0.25, -0.2) is 0 Å². The minimum absolute atomic E-state index is 0.276. The number of hydrogen-bond acceptors (Lipinski definition) is 3. The zero-order valence-corrected chi connectivity index (χ0v) is 8.61. The first-order valence-electron chi connectivity index (χ1n) is 4.83. The molecular weight excluding hydrogens is 190 g/mol. The number of benzene rings is 1. The molecular formula is C12H15NO2. The zero-order valence-electron chi connectivity index (χ0n) is 8.61. The van der Waals surface area contributed by atoms with Gasteiger partial charge in [0.2, 0.25) is 0 Å². The van der Waals surface area contributed by atoms with Crippen molar-refractivity contribution in [3.05, 3.63) is 35.9 Å². The van der Waals surface area contributed by atoms with Gasteiger partial charge in [0.1, 0.15) is 6.61 Å². The third-order valence-electron chi connectivity index (χ3n) is 1.72. The first-order valence-corrected chi connectivity index (χ1v) is 4.83. The van der Waals surface area contributed by atoms with Crippen molar-refractivity contribution in [1.29, 1.82) is 0 Å². The molecule has 0 radical (unpaired) electrons. The van der Waals surface area contributed by atoms with Crippen LogP contribution in [0, 0.1) is 12.3 Å². The largest absolute Gasteiger partial charge is 0.375 e. The number of terminal acetylenes is 1. The van der Waals surface area contributed by atoms with Crippen LogP contribution in [0.1, 0.15) is 5.56 Å². The summed E-state index contributed by atoms with van der Waals surface area (Å²) in [5, 5.41) is 0. The number of rotatable bonds is 7. The van der Waals surface area contributed by atoms with Crippen molar-refractivity contribution >= 4 is 0 Å². The van der Waals surface area contributed by atoms with Crippen molar-refractivity contribution < 1.29 is 9.57 Å². The molecule has 0 aromatic heterocycles. The second-order valence-corrected chi connectivity index (χ2v) is 2.93. The summed E-state index contributed by atoms with van der Waals surface area (Å²) in [5.74, 6) is 2.36. The van der Waals surface area contributed by atoms with Gasteiger partial charge in [0.05, 0.1) is 13.2 Å². The van der Waals surface area contributed by atoms with Crippen molar-refractivity contribution in [2.75, 3.05) is 19.8 Å². The molecule has 0 bridgehead atoms. The average molecular weight is 205 g/mol. The summed E-state index contributed by atoms with van der Waals surface area (Å²) >= 11 is 0. The van der Waals surface area contributed by atoms with E-state index in [0.29, 0.717) is 19.8 Å². The van der Waals surface area contributed by atoms with Crippen molar-refractivity contribution in [2.24, 2.45) is 0 Å². The lowest BCUT2D eigenvalue weighted by Crippen LogP contribution is -2.20. The highest BCUT2D eigenvalue weighted by Crippen LogP contribution is 1.99. The topological polar surface area (TPSA) is 30.5 Å². The van der Waals surface area contributed by atoms with Crippen LogP contribution in [0.25, 0.3) is 0 Å². The zero-order chi connectivity index (χ0) is 10.8. The maximum Gasteiger partial charge on any atom is 0.128 e. The van der Waals surface area contributed by atoms with Crippen molar-refractivity contribution in [3.8, 4) is 12.3 Å². The molecule has 0 heterocycles. The molecule has 0 atom stereocenters. The lowest BCUT2D eigenvalue weighted by Gasteiger charge is -2.05. The normalized spacial score (nSPS) is 9.80. The van der Waals surface area contributed by atoms with E-state index >= 15 is 0 Å². The molecule has 1 aromatic rings. The fourth-order valence-electron chi connectivity index (χ4n) is 1.04. The number of ether oxygens (including phenoxy) is 1. The van der Waals surface area contributed by atoms with Crippen LogP contribution in [0.3, 0.4) is 0 Å². The molecule has 1 N–H and O–H groups in total. The van der Waals surface area contributed by atoms with Crippen LogP contribution in [-0.4, -0.2) is 19.8 Å². The summed E-state index contributed by atoms with van der Waals surface area (Å²) in [5.41, 5.74) is 3.87. The molecule has 0 fully saturated rings. The Balaban J connectivity index is 1.96. The van der Waals surface area contributed by atoms with Crippen LogP contribution in [0.15, 0.2) is 30.3 Å². The second kappa shape index (κ2) is 8.01. The van der Waals surface area contributed by atoms with Crippen molar-refractivity contribution in [2.45, 2.75) is 6.61 Å². The van der Waals surface area contributed by atoms with E-state index < -0.39 is 0 Å². The lowest BCUT2D eigenvalue weighted by atomic mass is 10.2. The molecule has 0 amide bonds. The first-order chi connectivity index (χ1) is 7.43. The van der Waals surface area contributed by atoms with Gasteiger partial charge >= 0.3 is 0 Å². The third-order valence-corrected chi connectivity index (χ3v) is 1.72. The van der Waals surface area contributed by atoms with Crippen LogP contribution < -0.4 is 5.48 Å². The fraction of sp³-hybridized carbons (Fsp3) is 0.333. The van der Waals surface area contributed by atoms with Gasteiger partial charge < -0.3 is 4.74 Å². The Hall–Kier alpha value is -1.34. The Labute approximate surface area is 90.4 Å². The predicted molar refractivity (Wildman–Crippen MR) is 58.9 cm³/mol. The summed E-state index contributed by atoms with van der Waals surface area (Å²) in [6.45, 7) is 2.13. The highest BCUT2D eigenvalue weighted by Gasteiger charge is 1.91. The molecule has 1 aromatic carbocycles. The highest BCUT2D eigenvalue weighted by atomic mass is 16.6. The minimum atomic E-state index is 0.276. The summed E-state index contributed by atoms with van der Waals surface area (Å²) < 4.78 is 5.41.